The average Bonchev–Trinajstić information content (AvgIpc) is 3.18. The Morgan fingerprint density at radius 2 is 2.42 bits per heavy atom. The Labute approximate surface area is 145 Å². The topological polar surface area (TPSA) is 65.4 Å². The van der Waals surface area contributed by atoms with Gasteiger partial charge in [0.05, 0.1) is 18.0 Å². The zero-order valence-corrected chi connectivity index (χ0v) is 14.3. The molecule has 1 atom stereocenters. The van der Waals surface area contributed by atoms with E-state index >= 15 is 0 Å². The van der Waals surface area contributed by atoms with Crippen LogP contribution in [0.3, 0.4) is 0 Å². The van der Waals surface area contributed by atoms with E-state index in [9.17, 15) is 4.79 Å². The van der Waals surface area contributed by atoms with Gasteiger partial charge < -0.3 is 14.8 Å². The van der Waals surface area contributed by atoms with Gasteiger partial charge in [-0.2, -0.15) is 5.10 Å². The quantitative estimate of drug-likeness (QED) is 0.870. The van der Waals surface area contributed by atoms with Crippen LogP contribution in [-0.2, 0) is 16.1 Å². The molecule has 0 aliphatic carbocycles. The van der Waals surface area contributed by atoms with Crippen LogP contribution in [0.25, 0.3) is 0 Å². The molecule has 128 valence electrons. The number of anilines is 1. The van der Waals surface area contributed by atoms with E-state index in [2.05, 4.69) is 10.4 Å². The molecule has 1 N–H and O–H groups in total. The van der Waals surface area contributed by atoms with Crippen molar-refractivity contribution in [2.45, 2.75) is 32.4 Å². The molecular weight excluding hydrogens is 330 g/mol. The highest BCUT2D eigenvalue weighted by molar-refractivity contribution is 6.31. The Morgan fingerprint density at radius 3 is 3.12 bits per heavy atom. The van der Waals surface area contributed by atoms with Gasteiger partial charge in [0, 0.05) is 17.8 Å². The fraction of sp³-hybridized carbons (Fsp3) is 0.412. The van der Waals surface area contributed by atoms with Crippen molar-refractivity contribution in [1.29, 1.82) is 0 Å². The summed E-state index contributed by atoms with van der Waals surface area (Å²) in [6.07, 6.45) is 5.68. The smallest absolute Gasteiger partial charge is 0.246 e. The van der Waals surface area contributed by atoms with Crippen LogP contribution >= 0.6 is 11.6 Å². The van der Waals surface area contributed by atoms with Gasteiger partial charge in [0.15, 0.2) is 0 Å². The van der Waals surface area contributed by atoms with Crippen LogP contribution in [0.5, 0.6) is 5.75 Å². The fourth-order valence-electron chi connectivity index (χ4n) is 2.57. The molecule has 7 heteroatoms. The van der Waals surface area contributed by atoms with Crippen molar-refractivity contribution in [2.75, 3.05) is 18.5 Å². The summed E-state index contributed by atoms with van der Waals surface area (Å²) in [6.45, 7) is 3.30. The van der Waals surface area contributed by atoms with Crippen molar-refractivity contribution in [3.8, 4) is 5.75 Å². The van der Waals surface area contributed by atoms with Crippen molar-refractivity contribution in [2.24, 2.45) is 0 Å². The van der Waals surface area contributed by atoms with E-state index in [1.165, 1.54) is 0 Å². The number of ether oxygens (including phenoxy) is 2. The van der Waals surface area contributed by atoms with E-state index in [0.717, 1.165) is 25.0 Å². The molecule has 1 fully saturated rings. The van der Waals surface area contributed by atoms with E-state index in [-0.39, 0.29) is 18.6 Å². The summed E-state index contributed by atoms with van der Waals surface area (Å²) in [4.78, 5) is 12.2. The number of hydrogen-bond donors (Lipinski definition) is 1. The van der Waals surface area contributed by atoms with Crippen molar-refractivity contribution in [3.63, 3.8) is 0 Å². The molecule has 0 saturated carbocycles. The average molecular weight is 350 g/mol. The van der Waals surface area contributed by atoms with E-state index in [0.29, 0.717) is 23.1 Å². The molecule has 1 aliphatic heterocycles. The highest BCUT2D eigenvalue weighted by atomic mass is 35.5. The standard InChI is InChI=1S/C17H20ClN3O3/c1-12-8-19-21(9-12)10-17(22)20-15-7-13(18)4-5-16(15)24-11-14-3-2-6-23-14/h4-5,7-9,14H,2-3,6,10-11H2,1H3,(H,20,22)/t14-/m1/s1. The summed E-state index contributed by atoms with van der Waals surface area (Å²) in [7, 11) is 0. The summed E-state index contributed by atoms with van der Waals surface area (Å²) >= 11 is 6.04. The first-order valence-corrected chi connectivity index (χ1v) is 8.31. The molecule has 1 aromatic carbocycles. The molecule has 0 bridgehead atoms. The molecule has 24 heavy (non-hydrogen) atoms. The third-order valence-electron chi connectivity index (χ3n) is 3.73. The first-order chi connectivity index (χ1) is 11.6. The summed E-state index contributed by atoms with van der Waals surface area (Å²) < 4.78 is 12.9. The lowest BCUT2D eigenvalue weighted by atomic mass is 10.2. The number of nitrogens with one attached hydrogen (secondary N) is 1. The molecule has 2 heterocycles. The Hall–Kier alpha value is -2.05. The third kappa shape index (κ3) is 4.49. The van der Waals surface area contributed by atoms with Crippen LogP contribution in [-0.4, -0.2) is 35.0 Å². The number of rotatable bonds is 6. The number of halogens is 1. The number of aromatic nitrogens is 2. The van der Waals surface area contributed by atoms with Crippen LogP contribution in [0.15, 0.2) is 30.6 Å². The molecule has 1 aliphatic rings. The summed E-state index contributed by atoms with van der Waals surface area (Å²) in [5.41, 5.74) is 1.56. The lowest BCUT2D eigenvalue weighted by Gasteiger charge is -2.15. The first-order valence-electron chi connectivity index (χ1n) is 7.93. The van der Waals surface area contributed by atoms with Gasteiger partial charge in [-0.05, 0) is 43.5 Å². The van der Waals surface area contributed by atoms with Gasteiger partial charge in [0.1, 0.15) is 18.9 Å². The summed E-state index contributed by atoms with van der Waals surface area (Å²) in [5.74, 6) is 0.391. The normalized spacial score (nSPS) is 17.0. The van der Waals surface area contributed by atoms with Crippen molar-refractivity contribution in [3.05, 3.63) is 41.2 Å². The van der Waals surface area contributed by atoms with Gasteiger partial charge in [0.25, 0.3) is 0 Å². The Kier molecular flexibility index (Phi) is 5.37. The number of hydrogen-bond acceptors (Lipinski definition) is 4. The van der Waals surface area contributed by atoms with Gasteiger partial charge in [-0.1, -0.05) is 11.6 Å². The molecule has 1 aromatic heterocycles. The maximum absolute atomic E-state index is 12.2. The second kappa shape index (κ2) is 7.68. The van der Waals surface area contributed by atoms with Crippen molar-refractivity contribution >= 4 is 23.2 Å². The number of aryl methyl sites for hydroxylation is 1. The highest BCUT2D eigenvalue weighted by Crippen LogP contribution is 2.29. The fourth-order valence-corrected chi connectivity index (χ4v) is 2.75. The van der Waals surface area contributed by atoms with Crippen molar-refractivity contribution in [1.82, 2.24) is 9.78 Å². The van der Waals surface area contributed by atoms with Gasteiger partial charge in [0.2, 0.25) is 5.91 Å². The second-order valence-corrected chi connectivity index (χ2v) is 6.29. The molecule has 6 nitrogen and oxygen atoms in total. The predicted octanol–water partition coefficient (Wildman–Crippen LogP) is 3.04. The lowest BCUT2D eigenvalue weighted by molar-refractivity contribution is -0.116. The number of nitrogens with zero attached hydrogens (tertiary/aromatic N) is 2. The lowest BCUT2D eigenvalue weighted by Crippen LogP contribution is -2.21. The van der Waals surface area contributed by atoms with Crippen LogP contribution in [0, 0.1) is 6.92 Å². The molecular formula is C17H20ClN3O3. The largest absolute Gasteiger partial charge is 0.489 e. The van der Waals surface area contributed by atoms with Crippen LogP contribution in [0.1, 0.15) is 18.4 Å². The van der Waals surface area contributed by atoms with Gasteiger partial charge in [-0.3, -0.25) is 9.48 Å². The monoisotopic (exact) mass is 349 g/mol. The van der Waals surface area contributed by atoms with E-state index in [4.69, 9.17) is 21.1 Å². The van der Waals surface area contributed by atoms with Crippen molar-refractivity contribution < 1.29 is 14.3 Å². The van der Waals surface area contributed by atoms with E-state index in [1.54, 1.807) is 29.1 Å². The minimum Gasteiger partial charge on any atom is -0.489 e. The maximum Gasteiger partial charge on any atom is 0.246 e. The number of amides is 1. The molecule has 0 radical (unpaired) electrons. The molecule has 0 spiro atoms. The minimum absolute atomic E-state index is 0.108. The van der Waals surface area contributed by atoms with E-state index in [1.807, 2.05) is 13.1 Å². The van der Waals surface area contributed by atoms with Gasteiger partial charge >= 0.3 is 0 Å². The molecule has 1 saturated heterocycles. The van der Waals surface area contributed by atoms with Gasteiger partial charge in [-0.15, -0.1) is 0 Å². The zero-order chi connectivity index (χ0) is 16.9. The maximum atomic E-state index is 12.2. The van der Waals surface area contributed by atoms with E-state index < -0.39 is 0 Å². The highest BCUT2D eigenvalue weighted by Gasteiger charge is 2.17. The summed E-state index contributed by atoms with van der Waals surface area (Å²) in [5, 5.41) is 7.47. The SMILES string of the molecule is Cc1cnn(CC(=O)Nc2cc(Cl)ccc2OC[C@H]2CCCO2)c1. The molecule has 0 unspecified atom stereocenters. The van der Waals surface area contributed by atoms with Crippen LogP contribution in [0.2, 0.25) is 5.02 Å². The molecule has 3 rings (SSSR count). The third-order valence-corrected chi connectivity index (χ3v) is 3.97. The Balaban J connectivity index is 1.64. The predicted molar refractivity (Wildman–Crippen MR) is 91.5 cm³/mol. The zero-order valence-electron chi connectivity index (χ0n) is 13.5. The minimum atomic E-state index is -0.192. The second-order valence-electron chi connectivity index (χ2n) is 5.85. The number of benzene rings is 1. The van der Waals surface area contributed by atoms with Crippen LogP contribution < -0.4 is 10.1 Å². The Bertz CT molecular complexity index is 711. The summed E-state index contributed by atoms with van der Waals surface area (Å²) in [6, 6.07) is 5.17. The first kappa shape index (κ1) is 16.8. The number of carbonyl (C=O) groups is 1. The molecule has 1 amide bonds. The van der Waals surface area contributed by atoms with Crippen LogP contribution in [0.4, 0.5) is 5.69 Å². The number of carbonyl (C=O) groups excluding carboxylic acids is 1. The Morgan fingerprint density at radius 1 is 1.54 bits per heavy atom. The molecule has 2 aromatic rings. The van der Waals surface area contributed by atoms with Gasteiger partial charge in [-0.25, -0.2) is 0 Å².